The van der Waals surface area contributed by atoms with Gasteiger partial charge in [0.1, 0.15) is 11.8 Å². The number of hydrogen-bond donors (Lipinski definition) is 1. The summed E-state index contributed by atoms with van der Waals surface area (Å²) in [5.74, 6) is 0.773. The molecule has 24 heavy (non-hydrogen) atoms. The molecule has 1 fully saturated rings. The molecule has 2 amide bonds. The van der Waals surface area contributed by atoms with Gasteiger partial charge in [-0.25, -0.2) is 0 Å². The maximum absolute atomic E-state index is 12.7. The third-order valence-corrected chi connectivity index (χ3v) is 4.54. The fraction of sp³-hybridized carbons (Fsp3) is 0.706. The summed E-state index contributed by atoms with van der Waals surface area (Å²) < 4.78 is 5.21. The Bertz CT molecular complexity index is 569. The van der Waals surface area contributed by atoms with Gasteiger partial charge in [-0.05, 0) is 19.8 Å². The molecule has 0 bridgehead atoms. The smallest absolute Gasteiger partial charge is 0.245 e. The zero-order valence-corrected chi connectivity index (χ0v) is 15.3. The number of nitrogens with one attached hydrogen (secondary N) is 1. The van der Waals surface area contributed by atoms with Crippen LogP contribution in [0.1, 0.15) is 37.8 Å². The molecule has 1 atom stereocenters. The minimum Gasteiger partial charge on any atom is -0.361 e. The van der Waals surface area contributed by atoms with Gasteiger partial charge < -0.3 is 14.7 Å². The highest BCUT2D eigenvalue weighted by molar-refractivity contribution is 5.87. The zero-order valence-electron chi connectivity index (χ0n) is 15.3. The van der Waals surface area contributed by atoms with Gasteiger partial charge in [-0.1, -0.05) is 19.0 Å². The molecule has 1 aliphatic rings. The lowest BCUT2D eigenvalue weighted by Crippen LogP contribution is -2.56. The van der Waals surface area contributed by atoms with Crippen LogP contribution in [-0.4, -0.2) is 59.0 Å². The highest BCUT2D eigenvalue weighted by Gasteiger charge is 2.30. The standard InChI is InChI=1S/C17H28N4O3/c1-11(2)16(18-14(5)22)17(23)21-8-6-20(7-9-21)10-15-12(3)19-24-13(15)4/h11,16H,6-10H2,1-5H3,(H,18,22)/t16-/m0/s1. The highest BCUT2D eigenvalue weighted by Crippen LogP contribution is 2.17. The summed E-state index contributed by atoms with van der Waals surface area (Å²) in [7, 11) is 0. The van der Waals surface area contributed by atoms with Crippen LogP contribution >= 0.6 is 0 Å². The van der Waals surface area contributed by atoms with E-state index in [2.05, 4.69) is 15.4 Å². The van der Waals surface area contributed by atoms with Gasteiger partial charge in [-0.15, -0.1) is 0 Å². The van der Waals surface area contributed by atoms with Crippen molar-refractivity contribution in [2.45, 2.75) is 47.2 Å². The van der Waals surface area contributed by atoms with Gasteiger partial charge in [0.15, 0.2) is 0 Å². The molecule has 134 valence electrons. The van der Waals surface area contributed by atoms with Crippen molar-refractivity contribution in [3.63, 3.8) is 0 Å². The van der Waals surface area contributed by atoms with Crippen LogP contribution in [0.25, 0.3) is 0 Å². The average Bonchev–Trinajstić information content (AvgIpc) is 2.84. The molecule has 1 saturated heterocycles. The van der Waals surface area contributed by atoms with Crippen molar-refractivity contribution in [1.82, 2.24) is 20.3 Å². The molecule has 0 aliphatic carbocycles. The van der Waals surface area contributed by atoms with Crippen molar-refractivity contribution in [1.29, 1.82) is 0 Å². The number of piperazine rings is 1. The first-order valence-electron chi connectivity index (χ1n) is 8.49. The quantitative estimate of drug-likeness (QED) is 0.871. The second kappa shape index (κ2) is 7.79. The van der Waals surface area contributed by atoms with Crippen LogP contribution in [0.15, 0.2) is 4.52 Å². The molecular weight excluding hydrogens is 308 g/mol. The van der Waals surface area contributed by atoms with Crippen LogP contribution in [0.2, 0.25) is 0 Å². The van der Waals surface area contributed by atoms with Crippen molar-refractivity contribution in [3.05, 3.63) is 17.0 Å². The Hall–Kier alpha value is -1.89. The fourth-order valence-corrected chi connectivity index (χ4v) is 3.01. The van der Waals surface area contributed by atoms with Crippen LogP contribution in [0.5, 0.6) is 0 Å². The van der Waals surface area contributed by atoms with E-state index in [4.69, 9.17) is 4.52 Å². The average molecular weight is 336 g/mol. The summed E-state index contributed by atoms with van der Waals surface area (Å²) in [6, 6.07) is -0.448. The SMILES string of the molecule is CC(=O)N[C@H](C(=O)N1CCN(Cc2c(C)noc2C)CC1)C(C)C. The lowest BCUT2D eigenvalue weighted by Gasteiger charge is -2.37. The van der Waals surface area contributed by atoms with Gasteiger partial charge in [0.2, 0.25) is 11.8 Å². The number of carbonyl (C=O) groups excluding carboxylic acids is 2. The summed E-state index contributed by atoms with van der Waals surface area (Å²) in [5.41, 5.74) is 2.06. The highest BCUT2D eigenvalue weighted by atomic mass is 16.5. The summed E-state index contributed by atoms with van der Waals surface area (Å²) in [5, 5.41) is 6.76. The Morgan fingerprint density at radius 2 is 1.83 bits per heavy atom. The van der Waals surface area contributed by atoms with Crippen molar-refractivity contribution in [3.8, 4) is 0 Å². The number of aromatic nitrogens is 1. The Kier molecular flexibility index (Phi) is 5.99. The van der Waals surface area contributed by atoms with Crippen LogP contribution in [0.3, 0.4) is 0 Å². The molecule has 7 nitrogen and oxygen atoms in total. The molecule has 7 heteroatoms. The predicted molar refractivity (Wildman–Crippen MR) is 90.3 cm³/mol. The number of nitrogens with zero attached hydrogens (tertiary/aromatic N) is 3. The third kappa shape index (κ3) is 4.35. The molecule has 1 aromatic heterocycles. The molecule has 1 N–H and O–H groups in total. The van der Waals surface area contributed by atoms with Gasteiger partial charge in [-0.2, -0.15) is 0 Å². The lowest BCUT2D eigenvalue weighted by atomic mass is 10.0. The molecule has 0 radical (unpaired) electrons. The largest absolute Gasteiger partial charge is 0.361 e. The van der Waals surface area contributed by atoms with Crippen LogP contribution < -0.4 is 5.32 Å². The predicted octanol–water partition coefficient (Wildman–Crippen LogP) is 1.10. The molecule has 1 aromatic rings. The van der Waals surface area contributed by atoms with Crippen LogP contribution in [0, 0.1) is 19.8 Å². The fourth-order valence-electron chi connectivity index (χ4n) is 3.01. The minimum atomic E-state index is -0.448. The number of rotatable bonds is 5. The third-order valence-electron chi connectivity index (χ3n) is 4.54. The van der Waals surface area contributed by atoms with Crippen LogP contribution in [0.4, 0.5) is 0 Å². The first kappa shape index (κ1) is 18.4. The molecule has 0 spiro atoms. The molecule has 0 unspecified atom stereocenters. The number of hydrogen-bond acceptors (Lipinski definition) is 5. The Balaban J connectivity index is 1.91. The molecule has 2 heterocycles. The van der Waals surface area contributed by atoms with Gasteiger partial charge in [0.05, 0.1) is 5.69 Å². The number of aryl methyl sites for hydroxylation is 2. The van der Waals surface area contributed by atoms with Gasteiger partial charge in [0, 0.05) is 45.2 Å². The maximum Gasteiger partial charge on any atom is 0.245 e. The van der Waals surface area contributed by atoms with E-state index in [9.17, 15) is 9.59 Å². The van der Waals surface area contributed by atoms with E-state index in [-0.39, 0.29) is 17.7 Å². The Morgan fingerprint density at radius 1 is 1.21 bits per heavy atom. The Labute approximate surface area is 143 Å². The van der Waals surface area contributed by atoms with E-state index < -0.39 is 6.04 Å². The summed E-state index contributed by atoms with van der Waals surface area (Å²) in [4.78, 5) is 28.2. The second-order valence-electron chi connectivity index (χ2n) is 6.83. The van der Waals surface area contributed by atoms with Gasteiger partial charge >= 0.3 is 0 Å². The van der Waals surface area contributed by atoms with Gasteiger partial charge in [0.25, 0.3) is 0 Å². The van der Waals surface area contributed by atoms with Crippen molar-refractivity contribution < 1.29 is 14.1 Å². The molecule has 0 saturated carbocycles. The Morgan fingerprint density at radius 3 is 2.29 bits per heavy atom. The maximum atomic E-state index is 12.7. The molecule has 2 rings (SSSR count). The van der Waals surface area contributed by atoms with Crippen LogP contribution in [-0.2, 0) is 16.1 Å². The van der Waals surface area contributed by atoms with E-state index in [1.54, 1.807) is 0 Å². The normalized spacial score (nSPS) is 17.2. The first-order valence-corrected chi connectivity index (χ1v) is 8.49. The van der Waals surface area contributed by atoms with E-state index in [0.29, 0.717) is 13.1 Å². The molecular formula is C17H28N4O3. The summed E-state index contributed by atoms with van der Waals surface area (Å²) in [6.45, 7) is 13.0. The topological polar surface area (TPSA) is 78.7 Å². The van der Waals surface area contributed by atoms with E-state index >= 15 is 0 Å². The van der Waals surface area contributed by atoms with E-state index in [1.807, 2.05) is 32.6 Å². The first-order chi connectivity index (χ1) is 11.3. The minimum absolute atomic E-state index is 0.0113. The number of amides is 2. The lowest BCUT2D eigenvalue weighted by molar-refractivity contribution is -0.138. The molecule has 0 aromatic carbocycles. The molecule has 1 aliphatic heterocycles. The van der Waals surface area contributed by atoms with E-state index in [0.717, 1.165) is 36.7 Å². The zero-order chi connectivity index (χ0) is 17.9. The summed E-state index contributed by atoms with van der Waals surface area (Å²) >= 11 is 0. The van der Waals surface area contributed by atoms with Crippen molar-refractivity contribution in [2.24, 2.45) is 5.92 Å². The monoisotopic (exact) mass is 336 g/mol. The number of carbonyl (C=O) groups is 2. The second-order valence-corrected chi connectivity index (χ2v) is 6.83. The van der Waals surface area contributed by atoms with Gasteiger partial charge in [-0.3, -0.25) is 14.5 Å². The summed E-state index contributed by atoms with van der Waals surface area (Å²) in [6.07, 6.45) is 0. The van der Waals surface area contributed by atoms with E-state index in [1.165, 1.54) is 6.92 Å². The van der Waals surface area contributed by atoms with Crippen molar-refractivity contribution in [2.75, 3.05) is 26.2 Å². The van der Waals surface area contributed by atoms with Crippen molar-refractivity contribution >= 4 is 11.8 Å².